The number of aromatic amines is 4. The van der Waals surface area contributed by atoms with Gasteiger partial charge in [0.1, 0.15) is 23.0 Å². The summed E-state index contributed by atoms with van der Waals surface area (Å²) in [5.74, 6) is 1.41. The number of H-pyrrole nitrogens is 4. The summed E-state index contributed by atoms with van der Waals surface area (Å²) in [6.07, 6.45) is 7.36. The van der Waals surface area contributed by atoms with Gasteiger partial charge in [-0.25, -0.2) is 19.9 Å². The molecule has 13 rings (SSSR count). The van der Waals surface area contributed by atoms with E-state index in [-0.39, 0.29) is 33.9 Å². The average molecular weight is 1130 g/mol. The Labute approximate surface area is 474 Å². The van der Waals surface area contributed by atoms with Crippen molar-refractivity contribution >= 4 is 84.8 Å². The van der Waals surface area contributed by atoms with Crippen LogP contribution in [0.4, 0.5) is 41.9 Å². The number of carbonyl (C=O) groups is 2. The quantitative estimate of drug-likeness (QED) is 0.0505. The Morgan fingerprint density at radius 3 is 1.95 bits per heavy atom. The fourth-order valence-electron chi connectivity index (χ4n) is 10.2. The number of carbonyl (C=O) groups excluding carboxylic acids is 2. The molecule has 1 saturated heterocycles. The van der Waals surface area contributed by atoms with Crippen LogP contribution in [0, 0.1) is 0 Å². The molecule has 9 heterocycles. The molecule has 412 valence electrons. The summed E-state index contributed by atoms with van der Waals surface area (Å²) in [5, 5.41) is 29.3. The highest BCUT2D eigenvalue weighted by Gasteiger charge is 2.37. The first-order valence-electron chi connectivity index (χ1n) is 26.4. The van der Waals surface area contributed by atoms with Crippen LogP contribution in [0.1, 0.15) is 58.0 Å². The molecule has 23 heteroatoms. The number of rotatable bonds is 14. The average Bonchev–Trinajstić information content (AvgIpc) is 4.48. The molecule has 12 aromatic rings. The maximum Gasteiger partial charge on any atom is 0.434 e. The zero-order chi connectivity index (χ0) is 56.8. The van der Waals surface area contributed by atoms with Crippen LogP contribution in [0.3, 0.4) is 0 Å². The molecule has 0 spiro atoms. The first-order chi connectivity index (χ1) is 40.3. The van der Waals surface area contributed by atoms with Crippen molar-refractivity contribution in [3.8, 4) is 45.2 Å². The lowest BCUT2D eigenvalue weighted by molar-refractivity contribution is -0.140. The normalized spacial score (nSPS) is 13.4. The molecule has 8 aromatic heterocycles. The van der Waals surface area contributed by atoms with Gasteiger partial charge < -0.3 is 36.1 Å². The van der Waals surface area contributed by atoms with Crippen molar-refractivity contribution in [1.29, 1.82) is 0 Å². The van der Waals surface area contributed by atoms with Crippen LogP contribution in [0.25, 0.3) is 77.9 Å². The van der Waals surface area contributed by atoms with Crippen molar-refractivity contribution in [3.63, 3.8) is 0 Å². The van der Waals surface area contributed by atoms with Crippen molar-refractivity contribution in [2.75, 3.05) is 28.6 Å². The molecule has 0 aliphatic carbocycles. The number of pyridine rings is 2. The molecule has 0 saturated carbocycles. The second-order valence-corrected chi connectivity index (χ2v) is 20.5. The van der Waals surface area contributed by atoms with Gasteiger partial charge in [0.25, 0.3) is 11.8 Å². The van der Waals surface area contributed by atoms with Gasteiger partial charge in [-0.05, 0) is 110 Å². The summed E-state index contributed by atoms with van der Waals surface area (Å²) in [6.45, 7) is 2.55. The first-order valence-corrected chi connectivity index (χ1v) is 26.8. The smallest absolute Gasteiger partial charge is 0.370 e. The molecule has 1 atom stereocenters. The number of nitrogens with zero attached hydrogens (tertiary/aromatic N) is 9. The third-order valence-corrected chi connectivity index (χ3v) is 14.9. The van der Waals surface area contributed by atoms with Crippen LogP contribution in [0.5, 0.6) is 0 Å². The number of benzene rings is 4. The highest BCUT2D eigenvalue weighted by atomic mass is 35.5. The lowest BCUT2D eigenvalue weighted by Crippen LogP contribution is -2.44. The Kier molecular flexibility index (Phi) is 13.5. The van der Waals surface area contributed by atoms with E-state index in [9.17, 15) is 22.8 Å². The minimum atomic E-state index is -4.83. The zero-order valence-electron chi connectivity index (χ0n) is 43.8. The summed E-state index contributed by atoms with van der Waals surface area (Å²) in [6, 6.07) is 33.9. The zero-order valence-corrected chi connectivity index (χ0v) is 44.6. The molecule has 8 N–H and O–H groups in total. The molecule has 19 nitrogen and oxygen atoms in total. The molecule has 1 aliphatic rings. The van der Waals surface area contributed by atoms with Gasteiger partial charge in [0.05, 0.1) is 40.4 Å². The lowest BCUT2D eigenvalue weighted by atomic mass is 10.0. The van der Waals surface area contributed by atoms with Crippen LogP contribution in [-0.2, 0) is 6.18 Å². The van der Waals surface area contributed by atoms with E-state index in [1.54, 1.807) is 56.0 Å². The van der Waals surface area contributed by atoms with Gasteiger partial charge in [-0.1, -0.05) is 48.0 Å². The molecule has 0 bridgehead atoms. The van der Waals surface area contributed by atoms with Gasteiger partial charge in [0.2, 0.25) is 0 Å². The van der Waals surface area contributed by atoms with E-state index in [4.69, 9.17) is 21.6 Å². The molecule has 0 unspecified atom stereocenters. The number of hydrogen-bond acceptors (Lipinski definition) is 13. The molecule has 2 amide bonds. The highest BCUT2D eigenvalue weighted by molar-refractivity contribution is 6.33. The monoisotopic (exact) mass is 1130 g/mol. The van der Waals surface area contributed by atoms with Crippen LogP contribution >= 0.6 is 11.6 Å². The van der Waals surface area contributed by atoms with E-state index in [1.165, 1.54) is 18.3 Å². The fourth-order valence-corrected chi connectivity index (χ4v) is 10.4. The second-order valence-electron chi connectivity index (χ2n) is 20.1. The van der Waals surface area contributed by atoms with Crippen LogP contribution in [-0.4, -0.2) is 91.2 Å². The Bertz CT molecular complexity index is 4400. The Balaban J connectivity index is 0.648. The van der Waals surface area contributed by atoms with Gasteiger partial charge in [-0.2, -0.15) is 23.4 Å². The number of alkyl halides is 3. The van der Waals surface area contributed by atoms with Gasteiger partial charge in [-0.15, -0.1) is 0 Å². The third kappa shape index (κ3) is 11.0. The number of nitrogens with one attached hydrogen (secondary N) is 8. The standard InChI is InChI=1S/C60H47ClF3N17O2/c1-32(72-58(82)50-22-34-2-4-37(24-47(34)76-50)57-66-17-13-54(79-57)74-43-10-11-46-39(20-43)28-71-80-46)38-21-44(55(68-27-38)60(62,63)64)49-26-52(45(61)31-67-49)81-18-14-42(15-19-81)75-59(83)51-23-35-3-5-36(25-48(35)77-51)56-65-16-12-53(78-56)73-41-8-6-33(7-9-41)40-29-69-70-30-40/h2-13,16-17,20-32,42,76-77H,14-15,18-19H2,1H3,(H,69,70)(H,71,80)(H,72,82)(H,75,83)(H,65,73,78)(H,66,74,79)/t32-/m1/s1. The van der Waals surface area contributed by atoms with Crippen molar-refractivity contribution in [1.82, 2.24) is 70.9 Å². The SMILES string of the molecule is C[C@@H](NC(=O)c1cc2ccc(-c3nccc(Nc4ccc5[nH]ncc5c4)n3)cc2[nH]1)c1cnc(C(F)(F)F)c(-c2cc(N3CCC(NC(=O)c4cc5ccc(-c6nccc(Nc7ccc(-c8cn[nH]c8)cc7)n6)cc5[nH]4)CC3)c(Cl)cn2)c1. The maximum atomic E-state index is 14.7. The van der Waals surface area contributed by atoms with E-state index >= 15 is 0 Å². The summed E-state index contributed by atoms with van der Waals surface area (Å²) < 4.78 is 44.1. The summed E-state index contributed by atoms with van der Waals surface area (Å²) in [4.78, 5) is 62.5. The summed E-state index contributed by atoms with van der Waals surface area (Å²) in [5.41, 5.74) is 7.49. The van der Waals surface area contributed by atoms with Gasteiger partial charge in [-0.3, -0.25) is 29.8 Å². The number of aromatic nitrogens is 12. The van der Waals surface area contributed by atoms with E-state index in [0.29, 0.717) is 77.2 Å². The topological polar surface area (TPSA) is 252 Å². The Morgan fingerprint density at radius 1 is 0.639 bits per heavy atom. The fraction of sp³-hybridized carbons (Fsp3) is 0.133. The molecule has 4 aromatic carbocycles. The molecule has 1 aliphatic heterocycles. The molecular formula is C60H47ClF3N17O2. The van der Waals surface area contributed by atoms with Crippen molar-refractivity contribution in [2.24, 2.45) is 0 Å². The summed E-state index contributed by atoms with van der Waals surface area (Å²) in [7, 11) is 0. The van der Waals surface area contributed by atoms with Gasteiger partial charge >= 0.3 is 6.18 Å². The first kappa shape index (κ1) is 51.9. The van der Waals surface area contributed by atoms with Gasteiger partial charge in [0.15, 0.2) is 17.3 Å². The predicted molar refractivity (Wildman–Crippen MR) is 311 cm³/mol. The van der Waals surface area contributed by atoms with E-state index in [1.807, 2.05) is 90.0 Å². The van der Waals surface area contributed by atoms with E-state index in [2.05, 4.69) is 71.6 Å². The Hall–Kier alpha value is -10.5. The van der Waals surface area contributed by atoms with E-state index < -0.39 is 23.8 Å². The van der Waals surface area contributed by atoms with Gasteiger partial charge in [0, 0.05) is 111 Å². The molecule has 0 radical (unpaired) electrons. The number of anilines is 5. The largest absolute Gasteiger partial charge is 0.434 e. The minimum absolute atomic E-state index is 0.00154. The van der Waals surface area contributed by atoms with Crippen molar-refractivity contribution < 1.29 is 22.8 Å². The number of amides is 2. The van der Waals surface area contributed by atoms with E-state index in [0.717, 1.165) is 61.5 Å². The number of fused-ring (bicyclic) bond motifs is 3. The predicted octanol–water partition coefficient (Wildman–Crippen LogP) is 12.3. The van der Waals surface area contributed by atoms with Crippen LogP contribution in [0.2, 0.25) is 5.02 Å². The highest BCUT2D eigenvalue weighted by Crippen LogP contribution is 2.39. The molecular weight excluding hydrogens is 1080 g/mol. The number of hydrogen-bond donors (Lipinski definition) is 8. The number of piperidine rings is 1. The second kappa shape index (κ2) is 21.5. The third-order valence-electron chi connectivity index (χ3n) is 14.6. The Morgan fingerprint density at radius 2 is 1.29 bits per heavy atom. The van der Waals surface area contributed by atoms with Crippen molar-refractivity contribution in [2.45, 2.75) is 38.0 Å². The van der Waals surface area contributed by atoms with Crippen molar-refractivity contribution in [3.05, 3.63) is 186 Å². The lowest BCUT2D eigenvalue weighted by Gasteiger charge is -2.34. The minimum Gasteiger partial charge on any atom is -0.370 e. The molecule has 1 fully saturated rings. The van der Waals surface area contributed by atoms with Crippen LogP contribution < -0.4 is 26.2 Å². The molecule has 83 heavy (non-hydrogen) atoms. The van der Waals surface area contributed by atoms with Crippen LogP contribution in [0.15, 0.2) is 159 Å². The summed E-state index contributed by atoms with van der Waals surface area (Å²) >= 11 is 6.72. The maximum absolute atomic E-state index is 14.7. The number of halogens is 4.